The summed E-state index contributed by atoms with van der Waals surface area (Å²) in [5.74, 6) is -0.0421. The van der Waals surface area contributed by atoms with Crippen LogP contribution in [0.5, 0.6) is 0 Å². The van der Waals surface area contributed by atoms with E-state index in [4.69, 9.17) is 14.2 Å². The lowest BCUT2D eigenvalue weighted by Gasteiger charge is -2.18. The van der Waals surface area contributed by atoms with E-state index in [1.165, 1.54) is 225 Å². The number of unbranched alkanes of at least 4 members (excludes halogenated alkanes) is 40. The van der Waals surface area contributed by atoms with E-state index >= 15 is 0 Å². The van der Waals surface area contributed by atoms with Gasteiger partial charge in [0.15, 0.2) is 6.10 Å². The van der Waals surface area contributed by atoms with Crippen LogP contribution >= 0.6 is 0 Å². The summed E-state index contributed by atoms with van der Waals surface area (Å²) in [5.41, 5.74) is 0. The first-order chi connectivity index (χ1) is 31.4. The number of ether oxygens (including phenoxy) is 3. The number of rotatable bonds is 53. The highest BCUT2D eigenvalue weighted by molar-refractivity contribution is 5.71. The number of carbonyl (C=O) groups is 3. The van der Waals surface area contributed by atoms with Gasteiger partial charge in [-0.25, -0.2) is 0 Å². The van der Waals surface area contributed by atoms with Crippen LogP contribution in [-0.4, -0.2) is 37.2 Å². The van der Waals surface area contributed by atoms with E-state index in [0.29, 0.717) is 19.3 Å². The van der Waals surface area contributed by atoms with Crippen LogP contribution in [0.2, 0.25) is 0 Å². The van der Waals surface area contributed by atoms with Crippen LogP contribution in [0.1, 0.15) is 329 Å². The highest BCUT2D eigenvalue weighted by Gasteiger charge is 2.19. The van der Waals surface area contributed by atoms with Crippen molar-refractivity contribution in [3.8, 4) is 0 Å². The molecule has 380 valence electrons. The average molecular weight is 906 g/mol. The number of carbonyl (C=O) groups excluding carboxylic acids is 3. The fraction of sp³-hybridized carbons (Fsp3) is 0.948. The van der Waals surface area contributed by atoms with Crippen LogP contribution in [0.25, 0.3) is 0 Å². The predicted octanol–water partition coefficient (Wildman–Crippen LogP) is 19.0. The molecule has 0 aliphatic rings. The lowest BCUT2D eigenvalue weighted by atomic mass is 10.0. The molecule has 0 rings (SSSR count). The fourth-order valence-electron chi connectivity index (χ4n) is 8.92. The zero-order valence-corrected chi connectivity index (χ0v) is 43.8. The van der Waals surface area contributed by atoms with Crippen molar-refractivity contribution >= 4 is 17.9 Å². The summed E-state index contributed by atoms with van der Waals surface area (Å²) >= 11 is 0. The summed E-state index contributed by atoms with van der Waals surface area (Å²) in [5, 5.41) is 0. The van der Waals surface area contributed by atoms with Crippen molar-refractivity contribution in [2.45, 2.75) is 336 Å². The standard InChI is InChI=1S/C58H112O6/c1-5-7-9-11-13-15-17-19-21-23-25-27-29-31-33-39-43-47-51-58(61)64-55(53-63-57(60)50-46-42-38-35-34-36-40-44-48-54(3)4)52-62-56(59)49-45-41-37-32-30-28-26-24-22-20-18-16-14-12-10-8-6-2/h54-55H,5-53H2,1-4H3/t55-/m0/s1. The van der Waals surface area contributed by atoms with Gasteiger partial charge in [0.05, 0.1) is 0 Å². The van der Waals surface area contributed by atoms with Crippen LogP contribution in [0, 0.1) is 5.92 Å². The largest absolute Gasteiger partial charge is 0.462 e. The van der Waals surface area contributed by atoms with Crippen molar-refractivity contribution in [2.24, 2.45) is 5.92 Å². The van der Waals surface area contributed by atoms with Gasteiger partial charge in [0, 0.05) is 19.3 Å². The SMILES string of the molecule is CCCCCCCCCCCCCCCCCCCCC(=O)O[C@@H](COC(=O)CCCCCCCCCCCCCCCCCCC)COC(=O)CCCCCCCCCCC(C)C. The summed E-state index contributed by atoms with van der Waals surface area (Å²) in [6.07, 6.45) is 56.7. The Morgan fingerprint density at radius 2 is 0.516 bits per heavy atom. The van der Waals surface area contributed by atoms with E-state index in [2.05, 4.69) is 27.7 Å². The number of esters is 3. The molecule has 0 aromatic heterocycles. The number of hydrogen-bond acceptors (Lipinski definition) is 6. The van der Waals surface area contributed by atoms with Crippen molar-refractivity contribution < 1.29 is 28.6 Å². The third kappa shape index (κ3) is 51.4. The molecular formula is C58H112O6. The normalized spacial score (nSPS) is 12.0. The Hall–Kier alpha value is -1.59. The molecule has 6 heteroatoms. The average Bonchev–Trinajstić information content (AvgIpc) is 3.28. The maximum atomic E-state index is 12.8. The molecule has 0 aliphatic heterocycles. The second-order valence-corrected chi connectivity index (χ2v) is 20.4. The Bertz CT molecular complexity index is 964. The third-order valence-corrected chi connectivity index (χ3v) is 13.3. The number of hydrogen-bond donors (Lipinski definition) is 0. The van der Waals surface area contributed by atoms with E-state index in [1.54, 1.807) is 0 Å². The van der Waals surface area contributed by atoms with E-state index in [9.17, 15) is 14.4 Å². The van der Waals surface area contributed by atoms with Crippen LogP contribution in [0.4, 0.5) is 0 Å². The third-order valence-electron chi connectivity index (χ3n) is 13.3. The van der Waals surface area contributed by atoms with Gasteiger partial charge in [-0.15, -0.1) is 0 Å². The Balaban J connectivity index is 4.26. The van der Waals surface area contributed by atoms with Crippen LogP contribution in [0.3, 0.4) is 0 Å². The molecule has 0 amide bonds. The molecule has 64 heavy (non-hydrogen) atoms. The maximum absolute atomic E-state index is 12.8. The minimum Gasteiger partial charge on any atom is -0.462 e. The van der Waals surface area contributed by atoms with Crippen molar-refractivity contribution in [3.05, 3.63) is 0 Å². The zero-order chi connectivity index (χ0) is 46.7. The summed E-state index contributed by atoms with van der Waals surface area (Å²) in [6, 6.07) is 0. The molecule has 6 nitrogen and oxygen atoms in total. The molecule has 0 aromatic rings. The van der Waals surface area contributed by atoms with E-state index in [-0.39, 0.29) is 31.1 Å². The van der Waals surface area contributed by atoms with Gasteiger partial charge >= 0.3 is 17.9 Å². The first kappa shape index (κ1) is 62.4. The van der Waals surface area contributed by atoms with Crippen molar-refractivity contribution in [1.29, 1.82) is 0 Å². The van der Waals surface area contributed by atoms with Gasteiger partial charge in [-0.2, -0.15) is 0 Å². The Morgan fingerprint density at radius 3 is 0.766 bits per heavy atom. The van der Waals surface area contributed by atoms with Gasteiger partial charge in [0.2, 0.25) is 0 Å². The molecular weight excluding hydrogens is 793 g/mol. The van der Waals surface area contributed by atoms with Gasteiger partial charge < -0.3 is 14.2 Å². The molecule has 0 heterocycles. The molecule has 0 spiro atoms. The molecule has 0 fully saturated rings. The smallest absolute Gasteiger partial charge is 0.306 e. The minimum atomic E-state index is -0.762. The van der Waals surface area contributed by atoms with Gasteiger partial charge in [-0.1, -0.05) is 291 Å². The predicted molar refractivity (Wildman–Crippen MR) is 275 cm³/mol. The Morgan fingerprint density at radius 1 is 0.297 bits per heavy atom. The van der Waals surface area contributed by atoms with Crippen LogP contribution < -0.4 is 0 Å². The highest BCUT2D eigenvalue weighted by atomic mass is 16.6. The van der Waals surface area contributed by atoms with E-state index in [0.717, 1.165) is 63.7 Å². The van der Waals surface area contributed by atoms with Gasteiger partial charge in [-0.05, 0) is 25.2 Å². The van der Waals surface area contributed by atoms with Gasteiger partial charge in [0.25, 0.3) is 0 Å². The zero-order valence-electron chi connectivity index (χ0n) is 43.8. The van der Waals surface area contributed by atoms with Crippen LogP contribution in [0.15, 0.2) is 0 Å². The fourth-order valence-corrected chi connectivity index (χ4v) is 8.92. The second kappa shape index (κ2) is 52.4. The molecule has 0 aliphatic carbocycles. The van der Waals surface area contributed by atoms with Crippen molar-refractivity contribution in [3.63, 3.8) is 0 Å². The van der Waals surface area contributed by atoms with Crippen LogP contribution in [-0.2, 0) is 28.6 Å². The lowest BCUT2D eigenvalue weighted by molar-refractivity contribution is -0.167. The monoisotopic (exact) mass is 905 g/mol. The van der Waals surface area contributed by atoms with Crippen molar-refractivity contribution in [1.82, 2.24) is 0 Å². The minimum absolute atomic E-state index is 0.0624. The first-order valence-corrected chi connectivity index (χ1v) is 28.9. The lowest BCUT2D eigenvalue weighted by Crippen LogP contribution is -2.30. The second-order valence-electron chi connectivity index (χ2n) is 20.4. The molecule has 0 N–H and O–H groups in total. The summed E-state index contributed by atoms with van der Waals surface area (Å²) in [7, 11) is 0. The summed E-state index contributed by atoms with van der Waals surface area (Å²) < 4.78 is 16.9. The Kier molecular flexibility index (Phi) is 51.1. The molecule has 0 saturated carbocycles. The van der Waals surface area contributed by atoms with Gasteiger partial charge in [0.1, 0.15) is 13.2 Å². The van der Waals surface area contributed by atoms with Crippen molar-refractivity contribution in [2.75, 3.05) is 13.2 Å². The highest BCUT2D eigenvalue weighted by Crippen LogP contribution is 2.18. The van der Waals surface area contributed by atoms with Gasteiger partial charge in [-0.3, -0.25) is 14.4 Å². The van der Waals surface area contributed by atoms with E-state index in [1.807, 2.05) is 0 Å². The Labute approximate surface area is 399 Å². The summed E-state index contributed by atoms with van der Waals surface area (Å²) in [4.78, 5) is 38.1. The molecule has 0 saturated heterocycles. The maximum Gasteiger partial charge on any atom is 0.306 e. The summed E-state index contributed by atoms with van der Waals surface area (Å²) in [6.45, 7) is 9.02. The molecule has 0 unspecified atom stereocenters. The molecule has 0 aromatic carbocycles. The molecule has 0 bridgehead atoms. The topological polar surface area (TPSA) is 78.9 Å². The quantitative estimate of drug-likeness (QED) is 0.0344. The van der Waals surface area contributed by atoms with E-state index < -0.39 is 6.10 Å². The molecule has 0 radical (unpaired) electrons. The molecule has 1 atom stereocenters. The first-order valence-electron chi connectivity index (χ1n) is 28.9.